The standard InChI is InChI=1S/C20H17N3O2S/c1-13-8-9-17(14(2)10-13)19-21-16(11-24-19)12-26-20-23-22-18(25-20)15-6-4-3-5-7-15/h3-11H,12H2,1-2H3. The Hall–Kier alpha value is -2.86. The first-order chi connectivity index (χ1) is 12.7. The van der Waals surface area contributed by atoms with Gasteiger partial charge in [-0.25, -0.2) is 4.98 Å². The van der Waals surface area contributed by atoms with Crippen LogP contribution in [0.4, 0.5) is 0 Å². The maximum atomic E-state index is 5.70. The van der Waals surface area contributed by atoms with Crippen molar-refractivity contribution < 1.29 is 8.83 Å². The molecule has 0 aliphatic rings. The smallest absolute Gasteiger partial charge is 0.277 e. The predicted molar refractivity (Wildman–Crippen MR) is 101 cm³/mol. The van der Waals surface area contributed by atoms with Crippen LogP contribution in [0.1, 0.15) is 16.8 Å². The van der Waals surface area contributed by atoms with Crippen molar-refractivity contribution in [1.82, 2.24) is 15.2 Å². The van der Waals surface area contributed by atoms with Gasteiger partial charge in [-0.15, -0.1) is 10.2 Å². The maximum absolute atomic E-state index is 5.70. The third-order valence-corrected chi connectivity index (χ3v) is 4.79. The lowest BCUT2D eigenvalue weighted by atomic mass is 10.1. The fourth-order valence-electron chi connectivity index (χ4n) is 2.65. The van der Waals surface area contributed by atoms with Gasteiger partial charge in [0.1, 0.15) is 6.26 Å². The average Bonchev–Trinajstić information content (AvgIpc) is 3.30. The molecular formula is C20H17N3O2S. The molecule has 2 aromatic heterocycles. The highest BCUT2D eigenvalue weighted by molar-refractivity contribution is 7.98. The van der Waals surface area contributed by atoms with Gasteiger partial charge in [0.2, 0.25) is 11.8 Å². The number of aryl methyl sites for hydroxylation is 2. The van der Waals surface area contributed by atoms with Gasteiger partial charge < -0.3 is 8.83 Å². The number of aromatic nitrogens is 3. The SMILES string of the molecule is Cc1ccc(-c2nc(CSc3nnc(-c4ccccc4)o3)co2)c(C)c1. The van der Waals surface area contributed by atoms with E-state index in [1.165, 1.54) is 17.3 Å². The fraction of sp³-hybridized carbons (Fsp3) is 0.150. The van der Waals surface area contributed by atoms with E-state index in [2.05, 4.69) is 41.2 Å². The van der Waals surface area contributed by atoms with E-state index in [4.69, 9.17) is 8.83 Å². The molecule has 0 radical (unpaired) electrons. The lowest BCUT2D eigenvalue weighted by Crippen LogP contribution is -1.86. The van der Waals surface area contributed by atoms with Crippen molar-refractivity contribution in [2.45, 2.75) is 24.8 Å². The van der Waals surface area contributed by atoms with E-state index in [0.717, 1.165) is 22.4 Å². The van der Waals surface area contributed by atoms with Crippen molar-refractivity contribution in [2.75, 3.05) is 0 Å². The van der Waals surface area contributed by atoms with E-state index >= 15 is 0 Å². The van der Waals surface area contributed by atoms with Gasteiger partial charge in [0.25, 0.3) is 5.22 Å². The van der Waals surface area contributed by atoms with Crippen LogP contribution in [0.2, 0.25) is 0 Å². The zero-order chi connectivity index (χ0) is 17.9. The predicted octanol–water partition coefficient (Wildman–Crippen LogP) is 5.30. The summed E-state index contributed by atoms with van der Waals surface area (Å²) in [5.41, 5.74) is 5.13. The first-order valence-electron chi connectivity index (χ1n) is 8.23. The van der Waals surface area contributed by atoms with Gasteiger partial charge in [-0.05, 0) is 37.6 Å². The number of oxazole rings is 1. The molecule has 5 nitrogen and oxygen atoms in total. The van der Waals surface area contributed by atoms with Gasteiger partial charge in [0.15, 0.2) is 0 Å². The molecule has 0 bridgehead atoms. The Morgan fingerprint density at radius 2 is 1.81 bits per heavy atom. The molecule has 2 heterocycles. The number of rotatable bonds is 5. The van der Waals surface area contributed by atoms with E-state index in [1.807, 2.05) is 36.4 Å². The molecule has 0 amide bonds. The summed E-state index contributed by atoms with van der Waals surface area (Å²) in [5, 5.41) is 8.69. The van der Waals surface area contributed by atoms with Crippen molar-refractivity contribution in [1.29, 1.82) is 0 Å². The Morgan fingerprint density at radius 3 is 2.62 bits per heavy atom. The van der Waals surface area contributed by atoms with Gasteiger partial charge in [0.05, 0.1) is 5.69 Å². The molecule has 0 spiro atoms. The van der Waals surface area contributed by atoms with Crippen molar-refractivity contribution in [3.63, 3.8) is 0 Å². The Balaban J connectivity index is 1.45. The van der Waals surface area contributed by atoms with Crippen molar-refractivity contribution >= 4 is 11.8 Å². The van der Waals surface area contributed by atoms with Crippen LogP contribution in [0.25, 0.3) is 22.9 Å². The van der Waals surface area contributed by atoms with Gasteiger partial charge in [-0.3, -0.25) is 0 Å². The van der Waals surface area contributed by atoms with Crippen molar-refractivity contribution in [3.8, 4) is 22.9 Å². The number of thioether (sulfide) groups is 1. The summed E-state index contributed by atoms with van der Waals surface area (Å²) in [7, 11) is 0. The fourth-order valence-corrected chi connectivity index (χ4v) is 3.29. The van der Waals surface area contributed by atoms with Crippen LogP contribution in [-0.2, 0) is 5.75 Å². The molecule has 0 unspecified atom stereocenters. The number of nitrogens with zero attached hydrogens (tertiary/aromatic N) is 3. The Morgan fingerprint density at radius 1 is 0.962 bits per heavy atom. The van der Waals surface area contributed by atoms with Crippen LogP contribution in [0.3, 0.4) is 0 Å². The van der Waals surface area contributed by atoms with E-state index in [0.29, 0.717) is 22.8 Å². The molecule has 0 fully saturated rings. The second-order valence-electron chi connectivity index (χ2n) is 5.99. The topological polar surface area (TPSA) is 65.0 Å². The minimum atomic E-state index is 0.514. The molecule has 0 saturated heterocycles. The van der Waals surface area contributed by atoms with Crippen LogP contribution in [0, 0.1) is 13.8 Å². The van der Waals surface area contributed by atoms with Gasteiger partial charge in [-0.2, -0.15) is 0 Å². The summed E-state index contributed by atoms with van der Waals surface area (Å²) in [6, 6.07) is 15.9. The molecule has 0 aliphatic heterocycles. The van der Waals surface area contributed by atoms with Gasteiger partial charge in [-0.1, -0.05) is 47.7 Å². The van der Waals surface area contributed by atoms with Crippen LogP contribution < -0.4 is 0 Å². The minimum Gasteiger partial charge on any atom is -0.444 e. The summed E-state index contributed by atoms with van der Waals surface area (Å²) in [6.45, 7) is 4.13. The third kappa shape index (κ3) is 3.55. The zero-order valence-corrected chi connectivity index (χ0v) is 15.3. The van der Waals surface area contributed by atoms with Crippen LogP contribution in [0.5, 0.6) is 0 Å². The molecule has 0 N–H and O–H groups in total. The summed E-state index contributed by atoms with van der Waals surface area (Å²) in [5.74, 6) is 1.75. The van der Waals surface area contributed by atoms with Crippen molar-refractivity contribution in [3.05, 3.63) is 71.6 Å². The molecule has 0 atom stereocenters. The normalized spacial score (nSPS) is 11.0. The van der Waals surface area contributed by atoms with Crippen LogP contribution >= 0.6 is 11.8 Å². The summed E-state index contributed by atoms with van der Waals surface area (Å²) in [4.78, 5) is 4.57. The molecule has 130 valence electrons. The lowest BCUT2D eigenvalue weighted by Gasteiger charge is -2.02. The summed E-state index contributed by atoms with van der Waals surface area (Å²) >= 11 is 1.44. The Labute approximate surface area is 155 Å². The van der Waals surface area contributed by atoms with Gasteiger partial charge >= 0.3 is 0 Å². The summed E-state index contributed by atoms with van der Waals surface area (Å²) < 4.78 is 11.3. The van der Waals surface area contributed by atoms with E-state index in [-0.39, 0.29) is 0 Å². The maximum Gasteiger partial charge on any atom is 0.277 e. The molecule has 4 aromatic rings. The highest BCUT2D eigenvalue weighted by atomic mass is 32.2. The molecule has 0 aliphatic carbocycles. The second-order valence-corrected chi connectivity index (χ2v) is 6.92. The second kappa shape index (κ2) is 7.17. The monoisotopic (exact) mass is 363 g/mol. The molecular weight excluding hydrogens is 346 g/mol. The first-order valence-corrected chi connectivity index (χ1v) is 9.21. The van der Waals surface area contributed by atoms with E-state index in [1.54, 1.807) is 6.26 Å². The number of benzene rings is 2. The molecule has 0 saturated carbocycles. The largest absolute Gasteiger partial charge is 0.444 e. The van der Waals surface area contributed by atoms with E-state index < -0.39 is 0 Å². The Bertz CT molecular complexity index is 1020. The number of hydrogen-bond donors (Lipinski definition) is 0. The number of hydrogen-bond acceptors (Lipinski definition) is 6. The average molecular weight is 363 g/mol. The Kier molecular flexibility index (Phi) is 4.58. The highest BCUT2D eigenvalue weighted by Gasteiger charge is 2.12. The highest BCUT2D eigenvalue weighted by Crippen LogP contribution is 2.28. The summed E-state index contributed by atoms with van der Waals surface area (Å²) in [6.07, 6.45) is 1.68. The van der Waals surface area contributed by atoms with Gasteiger partial charge in [0, 0.05) is 16.9 Å². The van der Waals surface area contributed by atoms with Crippen LogP contribution in [-0.4, -0.2) is 15.2 Å². The zero-order valence-electron chi connectivity index (χ0n) is 14.5. The quantitative estimate of drug-likeness (QED) is 0.448. The van der Waals surface area contributed by atoms with E-state index in [9.17, 15) is 0 Å². The molecule has 2 aromatic carbocycles. The lowest BCUT2D eigenvalue weighted by molar-refractivity contribution is 0.466. The molecule has 6 heteroatoms. The van der Waals surface area contributed by atoms with Crippen molar-refractivity contribution in [2.24, 2.45) is 0 Å². The molecule has 4 rings (SSSR count). The first kappa shape index (κ1) is 16.6. The third-order valence-electron chi connectivity index (χ3n) is 3.93. The van der Waals surface area contributed by atoms with Crippen LogP contribution in [0.15, 0.2) is 68.9 Å². The molecule has 26 heavy (non-hydrogen) atoms. The minimum absolute atomic E-state index is 0.514.